The third-order valence-electron chi connectivity index (χ3n) is 20.3. The number of aliphatic hydroxyl groups excluding tert-OH is 1. The van der Waals surface area contributed by atoms with Crippen molar-refractivity contribution in [1.29, 1.82) is 5.41 Å². The van der Waals surface area contributed by atoms with Crippen LogP contribution in [0.4, 0.5) is 10.5 Å². The minimum atomic E-state index is -1.83. The number of guanidine groups is 1. The van der Waals surface area contributed by atoms with Crippen LogP contribution in [0, 0.1) is 11.3 Å². The van der Waals surface area contributed by atoms with E-state index in [1.807, 2.05) is 48.5 Å². The normalized spacial score (nSPS) is 15.7. The molecule has 0 radical (unpaired) electrons. The highest BCUT2D eigenvalue weighted by Gasteiger charge is 2.41. The number of aliphatic hydroxyl groups is 1. The molecule has 0 aromatic heterocycles. The second-order valence-electron chi connectivity index (χ2n) is 30.2. The molecule has 10 atom stereocenters. The van der Waals surface area contributed by atoms with Crippen LogP contribution in [0.2, 0.25) is 5.02 Å². The molecule has 2 heterocycles. The van der Waals surface area contributed by atoms with Gasteiger partial charge in [0.2, 0.25) is 65.0 Å². The van der Waals surface area contributed by atoms with Gasteiger partial charge in [-0.25, -0.2) is 4.79 Å². The summed E-state index contributed by atoms with van der Waals surface area (Å²) in [6, 6.07) is 27.0. The Hall–Kier alpha value is -11.5. The highest BCUT2D eigenvalue weighted by atomic mass is 35.5. The van der Waals surface area contributed by atoms with E-state index in [9.17, 15) is 38.7 Å². The van der Waals surface area contributed by atoms with Crippen molar-refractivity contribution < 1.29 is 67.4 Å². The van der Waals surface area contributed by atoms with Crippen molar-refractivity contribution in [2.24, 2.45) is 23.1 Å². The number of rotatable bonds is 44. The smallest absolute Gasteiger partial charge is 0.312 e. The number of halogens is 1. The topological polar surface area (TPSA) is 475 Å². The number of nitrogens with one attached hydrogen (secondary N) is 12. The minimum Gasteiger partial charge on any atom is -0.394 e. The molecule has 0 saturated carbocycles. The molecule has 2 aliphatic rings. The molecule has 13 amide bonds. The monoisotopic (exact) mass is 1630 g/mol. The van der Waals surface area contributed by atoms with Gasteiger partial charge in [-0.15, -0.1) is 0 Å². The lowest BCUT2D eigenvalue weighted by Gasteiger charge is -2.31. The van der Waals surface area contributed by atoms with Crippen molar-refractivity contribution in [2.45, 2.75) is 191 Å². The van der Waals surface area contributed by atoms with Crippen LogP contribution in [0.3, 0.4) is 0 Å². The van der Waals surface area contributed by atoms with Crippen molar-refractivity contribution >= 4 is 105 Å². The number of fused-ring (bicyclic) bond motifs is 1. The van der Waals surface area contributed by atoms with Crippen LogP contribution in [0.1, 0.15) is 125 Å². The maximum Gasteiger partial charge on any atom is 0.312 e. The summed E-state index contributed by atoms with van der Waals surface area (Å²) in [6.07, 6.45) is 3.75. The van der Waals surface area contributed by atoms with Gasteiger partial charge in [0, 0.05) is 82.0 Å². The first-order chi connectivity index (χ1) is 56.1. The van der Waals surface area contributed by atoms with E-state index in [2.05, 4.69) is 70.3 Å². The number of nitrogens with two attached hydrogens (primary N) is 3. The molecule has 628 valence electrons. The van der Waals surface area contributed by atoms with Crippen molar-refractivity contribution in [3.05, 3.63) is 184 Å². The Morgan fingerprint density at radius 3 is 1.52 bits per heavy atom. The number of urea groups is 1. The lowest BCUT2D eigenvalue weighted by atomic mass is 9.99. The molecule has 32 heteroatoms. The van der Waals surface area contributed by atoms with Crippen molar-refractivity contribution in [3.8, 4) is 0 Å². The molecule has 2 fully saturated rings. The lowest BCUT2D eigenvalue weighted by Crippen LogP contribution is -2.62. The number of nitrogens with zero attached hydrogens (tertiary/aromatic N) is 2. The highest BCUT2D eigenvalue weighted by molar-refractivity contribution is 6.30. The van der Waals surface area contributed by atoms with E-state index in [-0.39, 0.29) is 88.7 Å². The Bertz CT molecular complexity index is 4360. The Labute approximate surface area is 686 Å². The van der Waals surface area contributed by atoms with Gasteiger partial charge in [0.1, 0.15) is 60.4 Å². The fourth-order valence-corrected chi connectivity index (χ4v) is 14.1. The van der Waals surface area contributed by atoms with Gasteiger partial charge in [-0.05, 0) is 120 Å². The molecule has 2 saturated heterocycles. The summed E-state index contributed by atoms with van der Waals surface area (Å²) in [5, 5.41) is 51.1. The van der Waals surface area contributed by atoms with Crippen LogP contribution in [-0.2, 0) is 96.1 Å². The summed E-state index contributed by atoms with van der Waals surface area (Å²) in [7, 11) is 0. The van der Waals surface area contributed by atoms with E-state index in [0.29, 0.717) is 90.6 Å². The molecule has 0 bridgehead atoms. The van der Waals surface area contributed by atoms with Gasteiger partial charge in [-0.1, -0.05) is 173 Å². The number of likely N-dealkylation sites (tertiary alicyclic amines) is 1. The van der Waals surface area contributed by atoms with Gasteiger partial charge in [0.25, 0.3) is 0 Å². The Morgan fingerprint density at radius 1 is 0.513 bits per heavy atom. The van der Waals surface area contributed by atoms with E-state index in [1.165, 1.54) is 11.8 Å². The summed E-state index contributed by atoms with van der Waals surface area (Å²) in [6.45, 7) is 9.38. The zero-order valence-electron chi connectivity index (χ0n) is 66.7. The number of ether oxygens (including phenoxy) is 1. The predicted molar refractivity (Wildman–Crippen MR) is 444 cm³/mol. The number of morpholine rings is 1. The molecule has 0 spiro atoms. The number of primary amides is 2. The van der Waals surface area contributed by atoms with Gasteiger partial charge in [0.15, 0.2) is 5.96 Å². The van der Waals surface area contributed by atoms with Gasteiger partial charge >= 0.3 is 6.03 Å². The first-order valence-corrected chi connectivity index (χ1v) is 40.3. The average molecular weight is 1630 g/mol. The van der Waals surface area contributed by atoms with Crippen molar-refractivity contribution in [2.75, 3.05) is 51.3 Å². The number of carbonyl (C=O) groups excluding carboxylic acids is 12. The molecule has 2 aliphatic heterocycles. The zero-order chi connectivity index (χ0) is 84.5. The average Bonchev–Trinajstić information content (AvgIpc) is 1.81. The summed E-state index contributed by atoms with van der Waals surface area (Å²) in [4.78, 5) is 175. The second-order valence-corrected chi connectivity index (χ2v) is 30.6. The SMILES string of the molecule is CCCCCCC(=O)Nc1ccc(C[C@@H](NC(=O)[C@H](Cc2ccc(CN3CCOCC3)cc2)NC(=O)[C@H](CO)NC(=O)[C@@H](Cc2ccccc2)NC(=O)[C@@H](Cc2ccc(Cl)cc2)NC(=O)[C@@H](Cc2ccc3ccccc3c2)NC(N)=O)C(=O)N[C@@H](CC(C)C)C(=O)N[C@@H](CCCNC(=N)N)C(=O)N2CCC[C@H]2C(=O)N[C@H](C)C(N)=O)cc1. The Morgan fingerprint density at radius 2 is 0.983 bits per heavy atom. The standard InChI is InChI=1S/C85H112ClN17O14/c1-5-6-7-11-22-73(105)93-63-35-30-57(31-36-63)48-68(76(108)95-65(43-52(2)3)75(107)94-64(20-14-37-91-84(88)89)83(115)103-38-15-21-72(103)82(114)92-53(4)74(87)106)97-78(110)69(46-55-23-25-58(26-24-55)50-102-39-41-117-42-40-102)99-81(113)71(51-104)100-79(111)66(45-54-16-9-8-10-17-54)96-77(109)67(47-56-28-33-62(86)34-29-56)98-80(112)70(101-85(90)116)49-59-27-32-60-18-12-13-19-61(60)44-59/h8-10,12-13,16-19,23-36,44,52-53,64-72,104H,5-7,11,14-15,20-22,37-43,45-51H2,1-4H3,(H2,87,106)(H,92,114)(H,93,105)(H,94,107)(H,95,108)(H,96,109)(H,97,110)(H,98,112)(H,99,113)(H,100,111)(H4,88,89,91)(H3,90,101,116)/t53-,64+,65+,66-,67-,68-,69+,70-,71+,72+/m1/s1. The number of anilines is 1. The number of benzene rings is 6. The lowest BCUT2D eigenvalue weighted by molar-refractivity contribution is -0.142. The summed E-state index contributed by atoms with van der Waals surface area (Å²) < 4.78 is 5.57. The fourth-order valence-electron chi connectivity index (χ4n) is 13.9. The second kappa shape index (κ2) is 46.3. The van der Waals surface area contributed by atoms with Gasteiger partial charge in [-0.3, -0.25) is 63.0 Å². The zero-order valence-corrected chi connectivity index (χ0v) is 67.5. The van der Waals surface area contributed by atoms with Crippen LogP contribution in [0.15, 0.2) is 146 Å². The van der Waals surface area contributed by atoms with Crippen LogP contribution in [0.25, 0.3) is 10.8 Å². The molecule has 31 nitrogen and oxygen atoms in total. The molecule has 8 rings (SSSR count). The molecular weight excluding hydrogens is 1520 g/mol. The maximum atomic E-state index is 15.6. The fraction of sp³-hybridized carbons (Fsp3) is 0.447. The molecule has 19 N–H and O–H groups in total. The van der Waals surface area contributed by atoms with E-state index in [0.717, 1.165) is 35.6 Å². The van der Waals surface area contributed by atoms with Gasteiger partial charge in [0.05, 0.1) is 19.8 Å². The number of amides is 13. The van der Waals surface area contributed by atoms with Crippen LogP contribution in [0.5, 0.6) is 0 Å². The number of carbonyl (C=O) groups is 12. The van der Waals surface area contributed by atoms with Crippen LogP contribution in [-0.4, -0.2) is 198 Å². The quantitative estimate of drug-likeness (QED) is 0.0148. The van der Waals surface area contributed by atoms with Crippen LogP contribution < -0.4 is 75.7 Å². The van der Waals surface area contributed by atoms with E-state index < -0.39 is 132 Å². The highest BCUT2D eigenvalue weighted by Crippen LogP contribution is 2.23. The largest absolute Gasteiger partial charge is 0.394 e. The Kier molecular flexibility index (Phi) is 36.0. The minimum absolute atomic E-state index is 0.00752. The first kappa shape index (κ1) is 91.0. The Balaban J connectivity index is 1.09. The third-order valence-corrected chi connectivity index (χ3v) is 20.6. The van der Waals surface area contributed by atoms with Crippen molar-refractivity contribution in [3.63, 3.8) is 0 Å². The number of hydrogen-bond donors (Lipinski definition) is 16. The van der Waals surface area contributed by atoms with Gasteiger partial charge in [-0.2, -0.15) is 0 Å². The van der Waals surface area contributed by atoms with E-state index >= 15 is 24.0 Å². The molecule has 0 unspecified atom stereocenters. The summed E-state index contributed by atoms with van der Waals surface area (Å²) >= 11 is 6.28. The van der Waals surface area contributed by atoms with E-state index in [1.54, 1.807) is 111 Å². The third kappa shape index (κ3) is 29.9. The summed E-state index contributed by atoms with van der Waals surface area (Å²) in [5.74, 6) is -9.22. The predicted octanol–water partition coefficient (Wildman–Crippen LogP) is 3.46. The maximum absolute atomic E-state index is 15.6. The summed E-state index contributed by atoms with van der Waals surface area (Å²) in [5.41, 5.74) is 20.8. The molecule has 117 heavy (non-hydrogen) atoms. The first-order valence-electron chi connectivity index (χ1n) is 39.9. The molecule has 6 aromatic rings. The van der Waals surface area contributed by atoms with E-state index in [4.69, 9.17) is 38.9 Å². The van der Waals surface area contributed by atoms with Crippen molar-refractivity contribution in [1.82, 2.24) is 63.0 Å². The molecule has 6 aromatic carbocycles. The number of hydrogen-bond acceptors (Lipinski definition) is 16. The number of unbranched alkanes of at least 4 members (excludes halogenated alkanes) is 3. The molecular formula is C85H112ClN17O14. The molecule has 0 aliphatic carbocycles. The van der Waals surface area contributed by atoms with Gasteiger partial charge < -0.3 is 90.4 Å². The van der Waals surface area contributed by atoms with Crippen LogP contribution >= 0.6 is 11.6 Å².